The molecule has 0 aliphatic heterocycles. The molecule has 0 spiro atoms. The molecule has 1 nitrogen and oxygen atoms in total. The third-order valence-electron chi connectivity index (χ3n) is 3.22. The molecule has 1 aromatic rings. The van der Waals surface area contributed by atoms with Crippen LogP contribution < -0.4 is 5.32 Å². The maximum atomic E-state index is 6.22. The lowest BCUT2D eigenvalue weighted by Crippen LogP contribution is -2.31. The summed E-state index contributed by atoms with van der Waals surface area (Å²) in [7, 11) is 0. The van der Waals surface area contributed by atoms with E-state index in [9.17, 15) is 0 Å². The molecule has 0 fully saturated rings. The number of hydrogen-bond acceptors (Lipinski definition) is 1. The molecule has 0 saturated heterocycles. The van der Waals surface area contributed by atoms with Gasteiger partial charge in [-0.3, -0.25) is 0 Å². The van der Waals surface area contributed by atoms with E-state index in [0.29, 0.717) is 11.1 Å². The van der Waals surface area contributed by atoms with Crippen molar-refractivity contribution in [3.63, 3.8) is 0 Å². The molecule has 19 heavy (non-hydrogen) atoms. The third kappa shape index (κ3) is 6.65. The van der Waals surface area contributed by atoms with Gasteiger partial charge in [-0.1, -0.05) is 50.0 Å². The maximum Gasteiger partial charge on any atom is 0.0452 e. The Labute approximate surface area is 127 Å². The fraction of sp³-hybridized carbons (Fsp3) is 0.625. The SMILES string of the molecule is CCCNC(CCc1ccc(Cl)cc1Cl)CC(C)C. The first-order valence-corrected chi connectivity index (χ1v) is 7.95. The second-order valence-corrected chi connectivity index (χ2v) is 6.40. The predicted molar refractivity (Wildman–Crippen MR) is 86.3 cm³/mol. The van der Waals surface area contributed by atoms with Crippen LogP contribution in [0.4, 0.5) is 0 Å². The quantitative estimate of drug-likeness (QED) is 0.683. The average molecular weight is 302 g/mol. The number of nitrogens with one attached hydrogen (secondary N) is 1. The maximum absolute atomic E-state index is 6.22. The van der Waals surface area contributed by atoms with Gasteiger partial charge in [-0.05, 0) is 55.8 Å². The summed E-state index contributed by atoms with van der Waals surface area (Å²) >= 11 is 12.1. The van der Waals surface area contributed by atoms with Crippen LogP contribution in [0, 0.1) is 5.92 Å². The zero-order valence-electron chi connectivity index (χ0n) is 12.2. The summed E-state index contributed by atoms with van der Waals surface area (Å²) in [5.41, 5.74) is 1.19. The van der Waals surface area contributed by atoms with E-state index in [0.717, 1.165) is 30.3 Å². The van der Waals surface area contributed by atoms with Crippen LogP contribution in [0.3, 0.4) is 0 Å². The minimum atomic E-state index is 0.576. The van der Waals surface area contributed by atoms with E-state index in [1.165, 1.54) is 18.4 Å². The van der Waals surface area contributed by atoms with Crippen molar-refractivity contribution in [2.24, 2.45) is 5.92 Å². The fourth-order valence-corrected chi connectivity index (χ4v) is 2.78. The highest BCUT2D eigenvalue weighted by Crippen LogP contribution is 2.23. The first kappa shape index (κ1) is 16.8. The molecule has 0 bridgehead atoms. The van der Waals surface area contributed by atoms with Crippen LogP contribution in [0.2, 0.25) is 10.0 Å². The van der Waals surface area contributed by atoms with Gasteiger partial charge < -0.3 is 5.32 Å². The van der Waals surface area contributed by atoms with Crippen molar-refractivity contribution in [2.45, 2.75) is 52.5 Å². The molecule has 0 saturated carbocycles. The molecule has 0 amide bonds. The smallest absolute Gasteiger partial charge is 0.0452 e. The Bertz CT molecular complexity index is 377. The molecule has 0 aromatic heterocycles. The van der Waals surface area contributed by atoms with Crippen LogP contribution in [0.5, 0.6) is 0 Å². The van der Waals surface area contributed by atoms with E-state index in [4.69, 9.17) is 23.2 Å². The number of rotatable bonds is 8. The van der Waals surface area contributed by atoms with E-state index in [2.05, 4.69) is 26.1 Å². The first-order valence-electron chi connectivity index (χ1n) is 7.20. The van der Waals surface area contributed by atoms with Crippen LogP contribution in [0.1, 0.15) is 45.6 Å². The molecule has 0 aliphatic carbocycles. The molecule has 1 aromatic carbocycles. The molecule has 0 radical (unpaired) electrons. The monoisotopic (exact) mass is 301 g/mol. The minimum absolute atomic E-state index is 0.576. The van der Waals surface area contributed by atoms with Gasteiger partial charge in [0.1, 0.15) is 0 Å². The van der Waals surface area contributed by atoms with Gasteiger partial charge in [0.25, 0.3) is 0 Å². The summed E-state index contributed by atoms with van der Waals surface area (Å²) in [5.74, 6) is 0.718. The highest BCUT2D eigenvalue weighted by Gasteiger charge is 2.11. The predicted octanol–water partition coefficient (Wildman–Crippen LogP) is 5.34. The van der Waals surface area contributed by atoms with Gasteiger partial charge in [0.2, 0.25) is 0 Å². The second kappa shape index (κ2) is 8.84. The second-order valence-electron chi connectivity index (χ2n) is 5.56. The van der Waals surface area contributed by atoms with Crippen molar-refractivity contribution in [3.05, 3.63) is 33.8 Å². The van der Waals surface area contributed by atoms with Crippen LogP contribution in [0.15, 0.2) is 18.2 Å². The third-order valence-corrected chi connectivity index (χ3v) is 3.80. The van der Waals surface area contributed by atoms with Crippen molar-refractivity contribution in [3.8, 4) is 0 Å². The molecular formula is C16H25Cl2N. The molecule has 1 N–H and O–H groups in total. The molecular weight excluding hydrogens is 277 g/mol. The van der Waals surface area contributed by atoms with Crippen molar-refractivity contribution in [1.82, 2.24) is 5.32 Å². The Morgan fingerprint density at radius 1 is 1.21 bits per heavy atom. The van der Waals surface area contributed by atoms with E-state index in [-0.39, 0.29) is 0 Å². The highest BCUT2D eigenvalue weighted by atomic mass is 35.5. The molecule has 3 heteroatoms. The lowest BCUT2D eigenvalue weighted by molar-refractivity contribution is 0.399. The summed E-state index contributed by atoms with van der Waals surface area (Å²) in [6.07, 6.45) is 4.52. The summed E-state index contributed by atoms with van der Waals surface area (Å²) in [5, 5.41) is 5.12. The van der Waals surface area contributed by atoms with Crippen molar-refractivity contribution in [1.29, 1.82) is 0 Å². The summed E-state index contributed by atoms with van der Waals surface area (Å²) < 4.78 is 0. The van der Waals surface area contributed by atoms with Gasteiger partial charge in [0.15, 0.2) is 0 Å². The van der Waals surface area contributed by atoms with Crippen molar-refractivity contribution >= 4 is 23.2 Å². The molecule has 1 unspecified atom stereocenters. The molecule has 1 rings (SSSR count). The van der Waals surface area contributed by atoms with Gasteiger partial charge in [-0.25, -0.2) is 0 Å². The van der Waals surface area contributed by atoms with E-state index in [1.807, 2.05) is 18.2 Å². The van der Waals surface area contributed by atoms with Crippen LogP contribution in [0.25, 0.3) is 0 Å². The van der Waals surface area contributed by atoms with Gasteiger partial charge in [-0.15, -0.1) is 0 Å². The Balaban J connectivity index is 2.54. The van der Waals surface area contributed by atoms with Gasteiger partial charge >= 0.3 is 0 Å². The number of halogens is 2. The van der Waals surface area contributed by atoms with Gasteiger partial charge in [0.05, 0.1) is 0 Å². The molecule has 0 aliphatic rings. The van der Waals surface area contributed by atoms with Gasteiger partial charge in [0, 0.05) is 16.1 Å². The Morgan fingerprint density at radius 3 is 2.53 bits per heavy atom. The number of benzene rings is 1. The van der Waals surface area contributed by atoms with E-state index < -0.39 is 0 Å². The molecule has 1 atom stereocenters. The summed E-state index contributed by atoms with van der Waals surface area (Å²) in [6.45, 7) is 7.84. The zero-order valence-corrected chi connectivity index (χ0v) is 13.7. The van der Waals surface area contributed by atoms with Crippen molar-refractivity contribution in [2.75, 3.05) is 6.54 Å². The highest BCUT2D eigenvalue weighted by molar-refractivity contribution is 6.35. The molecule has 0 heterocycles. The standard InChI is InChI=1S/C16H25Cl2N/c1-4-9-19-15(10-12(2)3)8-6-13-5-7-14(17)11-16(13)18/h5,7,11-12,15,19H,4,6,8-10H2,1-3H3. The van der Waals surface area contributed by atoms with Crippen LogP contribution in [-0.4, -0.2) is 12.6 Å². The fourth-order valence-electron chi connectivity index (χ4n) is 2.27. The van der Waals surface area contributed by atoms with Crippen LogP contribution in [-0.2, 0) is 6.42 Å². The Kier molecular flexibility index (Phi) is 7.82. The Hall–Kier alpha value is -0.240. The number of aryl methyl sites for hydroxylation is 1. The first-order chi connectivity index (χ1) is 9.02. The summed E-state index contributed by atoms with van der Waals surface area (Å²) in [6, 6.07) is 6.36. The average Bonchev–Trinajstić information content (AvgIpc) is 2.33. The van der Waals surface area contributed by atoms with E-state index in [1.54, 1.807) is 0 Å². The van der Waals surface area contributed by atoms with Crippen LogP contribution >= 0.6 is 23.2 Å². The zero-order chi connectivity index (χ0) is 14.3. The van der Waals surface area contributed by atoms with Crippen molar-refractivity contribution < 1.29 is 0 Å². The lowest BCUT2D eigenvalue weighted by Gasteiger charge is -2.20. The number of hydrogen-bond donors (Lipinski definition) is 1. The minimum Gasteiger partial charge on any atom is -0.314 e. The largest absolute Gasteiger partial charge is 0.314 e. The summed E-state index contributed by atoms with van der Waals surface area (Å²) in [4.78, 5) is 0. The topological polar surface area (TPSA) is 12.0 Å². The lowest BCUT2D eigenvalue weighted by atomic mass is 9.97. The Morgan fingerprint density at radius 2 is 1.95 bits per heavy atom. The van der Waals surface area contributed by atoms with Gasteiger partial charge in [-0.2, -0.15) is 0 Å². The molecule has 108 valence electrons. The van der Waals surface area contributed by atoms with E-state index >= 15 is 0 Å². The normalized spacial score (nSPS) is 12.9.